The second-order valence-corrected chi connectivity index (χ2v) is 8.10. The number of carbonyl (C=O) groups excluding carboxylic acids is 3. The summed E-state index contributed by atoms with van der Waals surface area (Å²) in [5.41, 5.74) is 2.07. The van der Waals surface area contributed by atoms with Crippen LogP contribution in [-0.4, -0.2) is 30.8 Å². The molecule has 0 aromatic heterocycles. The molecule has 33 heavy (non-hydrogen) atoms. The molecule has 3 N–H and O–H groups in total. The number of benzene rings is 3. The fourth-order valence-corrected chi connectivity index (χ4v) is 3.93. The van der Waals surface area contributed by atoms with Gasteiger partial charge >= 0.3 is 11.8 Å². The second-order valence-electron chi connectivity index (χ2n) is 8.10. The van der Waals surface area contributed by atoms with Gasteiger partial charge in [-0.2, -0.15) is 5.26 Å². The third-order valence-corrected chi connectivity index (χ3v) is 5.88. The van der Waals surface area contributed by atoms with Crippen LogP contribution < -0.4 is 16.0 Å². The first-order valence-corrected chi connectivity index (χ1v) is 10.9. The van der Waals surface area contributed by atoms with Gasteiger partial charge in [-0.3, -0.25) is 14.4 Å². The standard InChI is InChI=1S/C26H24N4O3/c27-14-16-29-25(33)24(32)28-15-11-19-6-3-4-8-22(19)23(31)30-26(12-13-26)21-10-9-18-5-1-2-7-20(18)17-21/h1-10,17H,11-13,15-16H2,(H,28,32)(H,29,33)(H,30,31). The zero-order chi connectivity index (χ0) is 23.3. The number of nitrogens with one attached hydrogen (secondary N) is 3. The van der Waals surface area contributed by atoms with Crippen molar-refractivity contribution in [3.63, 3.8) is 0 Å². The lowest BCUT2D eigenvalue weighted by atomic mass is 9.98. The van der Waals surface area contributed by atoms with E-state index in [-0.39, 0.29) is 24.5 Å². The molecule has 0 radical (unpaired) electrons. The lowest BCUT2D eigenvalue weighted by Crippen LogP contribution is -2.41. The van der Waals surface area contributed by atoms with Gasteiger partial charge in [0.2, 0.25) is 0 Å². The number of hydrogen-bond acceptors (Lipinski definition) is 4. The third-order valence-electron chi connectivity index (χ3n) is 5.88. The van der Waals surface area contributed by atoms with Gasteiger partial charge in [-0.1, -0.05) is 54.6 Å². The van der Waals surface area contributed by atoms with Crippen molar-refractivity contribution in [3.8, 4) is 6.07 Å². The van der Waals surface area contributed by atoms with Crippen LogP contribution in [0.25, 0.3) is 10.8 Å². The van der Waals surface area contributed by atoms with Crippen LogP contribution in [0.1, 0.15) is 34.3 Å². The molecule has 3 amide bonds. The van der Waals surface area contributed by atoms with Crippen LogP contribution in [0.3, 0.4) is 0 Å². The highest BCUT2D eigenvalue weighted by Gasteiger charge is 2.46. The predicted octanol–water partition coefficient (Wildman–Crippen LogP) is 2.56. The maximum Gasteiger partial charge on any atom is 0.310 e. The van der Waals surface area contributed by atoms with E-state index in [0.29, 0.717) is 12.0 Å². The Morgan fingerprint density at radius 1 is 0.879 bits per heavy atom. The molecular weight excluding hydrogens is 416 g/mol. The summed E-state index contributed by atoms with van der Waals surface area (Å²) < 4.78 is 0. The molecule has 0 unspecified atom stereocenters. The second kappa shape index (κ2) is 9.53. The van der Waals surface area contributed by atoms with Crippen molar-refractivity contribution in [1.29, 1.82) is 5.26 Å². The Hall–Kier alpha value is -4.18. The average molecular weight is 441 g/mol. The van der Waals surface area contributed by atoms with Crippen molar-refractivity contribution >= 4 is 28.5 Å². The largest absolute Gasteiger partial charge is 0.348 e. The molecule has 4 rings (SSSR count). The highest BCUT2D eigenvalue weighted by molar-refractivity contribution is 6.35. The summed E-state index contributed by atoms with van der Waals surface area (Å²) in [7, 11) is 0. The van der Waals surface area contributed by atoms with E-state index in [1.54, 1.807) is 12.1 Å². The molecule has 1 aliphatic rings. The molecule has 0 saturated heterocycles. The fourth-order valence-electron chi connectivity index (χ4n) is 3.93. The highest BCUT2D eigenvalue weighted by Crippen LogP contribution is 2.46. The lowest BCUT2D eigenvalue weighted by molar-refractivity contribution is -0.139. The smallest absolute Gasteiger partial charge is 0.310 e. The van der Waals surface area contributed by atoms with Crippen LogP contribution in [0, 0.1) is 11.3 Å². The number of hydrogen-bond donors (Lipinski definition) is 3. The summed E-state index contributed by atoms with van der Waals surface area (Å²) in [6.07, 6.45) is 2.16. The molecule has 1 saturated carbocycles. The van der Waals surface area contributed by atoms with Gasteiger partial charge in [-0.15, -0.1) is 0 Å². The van der Waals surface area contributed by atoms with Crippen molar-refractivity contribution in [2.75, 3.05) is 13.1 Å². The monoisotopic (exact) mass is 440 g/mol. The van der Waals surface area contributed by atoms with E-state index in [2.05, 4.69) is 46.3 Å². The number of fused-ring (bicyclic) bond motifs is 1. The van der Waals surface area contributed by atoms with Crippen molar-refractivity contribution in [3.05, 3.63) is 83.4 Å². The molecule has 1 fully saturated rings. The Labute approximate surface area is 191 Å². The first-order chi connectivity index (χ1) is 16.0. The number of nitrogens with zero attached hydrogens (tertiary/aromatic N) is 1. The average Bonchev–Trinajstić information content (AvgIpc) is 3.62. The van der Waals surface area contributed by atoms with Crippen LogP contribution >= 0.6 is 0 Å². The summed E-state index contributed by atoms with van der Waals surface area (Å²) >= 11 is 0. The van der Waals surface area contributed by atoms with Crippen molar-refractivity contribution in [2.45, 2.75) is 24.8 Å². The lowest BCUT2D eigenvalue weighted by Gasteiger charge is -2.20. The first kappa shape index (κ1) is 22.0. The molecule has 0 aliphatic heterocycles. The zero-order valence-corrected chi connectivity index (χ0v) is 18.1. The quantitative estimate of drug-likeness (QED) is 0.387. The predicted molar refractivity (Wildman–Crippen MR) is 124 cm³/mol. The molecule has 0 bridgehead atoms. The van der Waals surface area contributed by atoms with E-state index in [1.165, 1.54) is 0 Å². The topological polar surface area (TPSA) is 111 Å². The Kier molecular flexibility index (Phi) is 6.36. The molecule has 3 aromatic rings. The number of rotatable bonds is 7. The maximum atomic E-state index is 13.2. The van der Waals surface area contributed by atoms with E-state index >= 15 is 0 Å². The summed E-state index contributed by atoms with van der Waals surface area (Å²) in [5.74, 6) is -1.82. The number of nitriles is 1. The molecule has 7 nitrogen and oxygen atoms in total. The van der Waals surface area contributed by atoms with Crippen LogP contribution in [0.2, 0.25) is 0 Å². The van der Waals surface area contributed by atoms with E-state index in [9.17, 15) is 14.4 Å². The van der Waals surface area contributed by atoms with E-state index in [0.717, 1.165) is 34.7 Å². The number of carbonyl (C=O) groups is 3. The molecule has 0 spiro atoms. The van der Waals surface area contributed by atoms with E-state index in [4.69, 9.17) is 5.26 Å². The van der Waals surface area contributed by atoms with Crippen LogP contribution in [-0.2, 0) is 21.5 Å². The summed E-state index contributed by atoms with van der Waals surface area (Å²) in [6.45, 7) is -0.0346. The fraction of sp³-hybridized carbons (Fsp3) is 0.231. The van der Waals surface area contributed by atoms with E-state index in [1.807, 2.05) is 30.3 Å². The Bertz CT molecular complexity index is 1260. The highest BCUT2D eigenvalue weighted by atomic mass is 16.2. The van der Waals surface area contributed by atoms with Crippen molar-refractivity contribution in [1.82, 2.24) is 16.0 Å². The Morgan fingerprint density at radius 3 is 2.33 bits per heavy atom. The van der Waals surface area contributed by atoms with E-state index < -0.39 is 11.8 Å². The summed E-state index contributed by atoms with van der Waals surface area (Å²) in [4.78, 5) is 36.5. The Balaban J connectivity index is 1.42. The van der Waals surface area contributed by atoms with Gasteiger partial charge in [0.05, 0.1) is 11.6 Å². The minimum atomic E-state index is -0.853. The van der Waals surface area contributed by atoms with Gasteiger partial charge < -0.3 is 16.0 Å². The molecule has 7 heteroatoms. The van der Waals surface area contributed by atoms with Crippen molar-refractivity contribution in [2.24, 2.45) is 0 Å². The van der Waals surface area contributed by atoms with Gasteiger partial charge in [0.15, 0.2) is 0 Å². The van der Waals surface area contributed by atoms with Crippen LogP contribution in [0.15, 0.2) is 66.7 Å². The molecule has 166 valence electrons. The van der Waals surface area contributed by atoms with Gasteiger partial charge in [0, 0.05) is 12.1 Å². The van der Waals surface area contributed by atoms with Crippen LogP contribution in [0.5, 0.6) is 0 Å². The molecular formula is C26H24N4O3. The summed E-state index contributed by atoms with van der Waals surface area (Å²) in [6, 6.07) is 23.4. The van der Waals surface area contributed by atoms with Gasteiger partial charge in [0.1, 0.15) is 6.54 Å². The Morgan fingerprint density at radius 2 is 1.58 bits per heavy atom. The van der Waals surface area contributed by atoms with Gasteiger partial charge in [-0.05, 0) is 53.3 Å². The van der Waals surface area contributed by atoms with Crippen LogP contribution in [0.4, 0.5) is 0 Å². The molecule has 0 atom stereocenters. The maximum absolute atomic E-state index is 13.2. The van der Waals surface area contributed by atoms with Crippen molar-refractivity contribution < 1.29 is 14.4 Å². The number of amides is 3. The minimum Gasteiger partial charge on any atom is -0.348 e. The molecule has 0 heterocycles. The first-order valence-electron chi connectivity index (χ1n) is 10.9. The molecule has 1 aliphatic carbocycles. The normalized spacial score (nSPS) is 13.5. The SMILES string of the molecule is N#CCNC(=O)C(=O)NCCc1ccccc1C(=O)NC1(c2ccc3ccccc3c2)CC1. The summed E-state index contributed by atoms with van der Waals surface area (Å²) in [5, 5.41) is 18.7. The third kappa shape index (κ3) is 5.01. The van der Waals surface area contributed by atoms with Gasteiger partial charge in [-0.25, -0.2) is 0 Å². The molecule has 3 aromatic carbocycles. The van der Waals surface area contributed by atoms with Gasteiger partial charge in [0.25, 0.3) is 5.91 Å². The minimum absolute atomic E-state index is 0.158. The zero-order valence-electron chi connectivity index (χ0n) is 18.1.